The summed E-state index contributed by atoms with van der Waals surface area (Å²) in [5.74, 6) is 0.806. The molecule has 0 aromatic heterocycles. The first kappa shape index (κ1) is 13.1. The zero-order valence-electron chi connectivity index (χ0n) is 10.6. The Hall–Kier alpha value is -1.29. The predicted octanol–water partition coefficient (Wildman–Crippen LogP) is 2.35. The van der Waals surface area contributed by atoms with Crippen LogP contribution in [0.15, 0.2) is 24.3 Å². The van der Waals surface area contributed by atoms with Gasteiger partial charge >= 0.3 is 0 Å². The van der Waals surface area contributed by atoms with E-state index in [1.54, 1.807) is 0 Å². The van der Waals surface area contributed by atoms with Gasteiger partial charge < -0.3 is 15.4 Å². The molecule has 2 rings (SSSR count). The molecule has 1 heterocycles. The zero-order valence-corrected chi connectivity index (χ0v) is 10.6. The molecule has 0 saturated carbocycles. The summed E-state index contributed by atoms with van der Waals surface area (Å²) in [5, 5.41) is 0. The van der Waals surface area contributed by atoms with Gasteiger partial charge in [-0.05, 0) is 37.1 Å². The van der Waals surface area contributed by atoms with E-state index < -0.39 is 0 Å². The third kappa shape index (κ3) is 3.60. The number of hydrogen-bond acceptors (Lipinski definition) is 3. The van der Waals surface area contributed by atoms with Crippen LogP contribution in [-0.2, 0) is 0 Å². The Labute approximate surface area is 108 Å². The Kier molecular flexibility index (Phi) is 4.81. The molecular formula is C14H21FN2O. The van der Waals surface area contributed by atoms with Gasteiger partial charge in [0.15, 0.2) is 0 Å². The van der Waals surface area contributed by atoms with Crippen molar-refractivity contribution in [2.24, 2.45) is 5.73 Å². The zero-order chi connectivity index (χ0) is 12.8. The highest BCUT2D eigenvalue weighted by molar-refractivity contribution is 5.49. The number of rotatable bonds is 5. The number of nitrogens with two attached hydrogens (primary N) is 1. The van der Waals surface area contributed by atoms with Gasteiger partial charge in [-0.1, -0.05) is 0 Å². The number of ether oxygens (including phenoxy) is 1. The molecule has 0 amide bonds. The second-order valence-electron chi connectivity index (χ2n) is 4.71. The van der Waals surface area contributed by atoms with Crippen LogP contribution in [0, 0.1) is 0 Å². The fourth-order valence-electron chi connectivity index (χ4n) is 2.16. The van der Waals surface area contributed by atoms with Gasteiger partial charge in [-0.15, -0.1) is 0 Å². The summed E-state index contributed by atoms with van der Waals surface area (Å²) in [7, 11) is 0. The highest BCUT2D eigenvalue weighted by atomic mass is 19.1. The molecule has 3 nitrogen and oxygen atoms in total. The molecule has 1 aromatic rings. The number of halogens is 1. The van der Waals surface area contributed by atoms with Gasteiger partial charge in [-0.25, -0.2) is 0 Å². The number of piperidine rings is 1. The van der Waals surface area contributed by atoms with E-state index in [-0.39, 0.29) is 6.67 Å². The Balaban J connectivity index is 1.87. The first-order chi connectivity index (χ1) is 8.79. The molecule has 1 saturated heterocycles. The lowest BCUT2D eigenvalue weighted by atomic mass is 10.1. The molecule has 0 radical (unpaired) electrons. The van der Waals surface area contributed by atoms with Crippen LogP contribution in [0.5, 0.6) is 5.75 Å². The van der Waals surface area contributed by atoms with Crippen LogP contribution in [0.25, 0.3) is 0 Å². The maximum atomic E-state index is 11.9. The van der Waals surface area contributed by atoms with Crippen molar-refractivity contribution < 1.29 is 9.13 Å². The van der Waals surface area contributed by atoms with Crippen LogP contribution < -0.4 is 15.4 Å². The van der Waals surface area contributed by atoms with Crippen LogP contribution in [0.2, 0.25) is 0 Å². The Morgan fingerprint density at radius 1 is 1.22 bits per heavy atom. The highest BCUT2D eigenvalue weighted by Crippen LogP contribution is 2.22. The molecule has 1 aliphatic rings. The number of benzene rings is 1. The SMILES string of the molecule is NC1CCN(c2ccc(OCCCF)cc2)CC1. The van der Waals surface area contributed by atoms with Gasteiger partial charge in [0.1, 0.15) is 5.75 Å². The third-order valence-corrected chi connectivity index (χ3v) is 3.29. The molecule has 1 aromatic carbocycles. The minimum absolute atomic E-state index is 0.327. The highest BCUT2D eigenvalue weighted by Gasteiger charge is 2.15. The summed E-state index contributed by atoms with van der Waals surface area (Å²) in [6.07, 6.45) is 2.55. The molecule has 4 heteroatoms. The normalized spacial score (nSPS) is 16.9. The fourth-order valence-corrected chi connectivity index (χ4v) is 2.16. The van der Waals surface area contributed by atoms with Crippen molar-refractivity contribution in [2.45, 2.75) is 25.3 Å². The smallest absolute Gasteiger partial charge is 0.119 e. The Morgan fingerprint density at radius 2 is 1.89 bits per heavy atom. The predicted molar refractivity (Wildman–Crippen MR) is 72.0 cm³/mol. The molecule has 100 valence electrons. The lowest BCUT2D eigenvalue weighted by molar-refractivity contribution is 0.289. The maximum Gasteiger partial charge on any atom is 0.119 e. The molecule has 0 bridgehead atoms. The monoisotopic (exact) mass is 252 g/mol. The topological polar surface area (TPSA) is 38.5 Å². The Bertz CT molecular complexity index is 347. The van der Waals surface area contributed by atoms with Crippen molar-refractivity contribution in [3.05, 3.63) is 24.3 Å². The Morgan fingerprint density at radius 3 is 2.50 bits per heavy atom. The van der Waals surface area contributed by atoms with Crippen LogP contribution in [-0.4, -0.2) is 32.4 Å². The molecule has 0 atom stereocenters. The quantitative estimate of drug-likeness (QED) is 0.818. The minimum atomic E-state index is -0.327. The lowest BCUT2D eigenvalue weighted by Gasteiger charge is -2.32. The van der Waals surface area contributed by atoms with Crippen molar-refractivity contribution >= 4 is 5.69 Å². The van der Waals surface area contributed by atoms with E-state index in [9.17, 15) is 4.39 Å². The summed E-state index contributed by atoms with van der Waals surface area (Å²) in [6.45, 7) is 2.15. The van der Waals surface area contributed by atoms with Crippen LogP contribution >= 0.6 is 0 Å². The van der Waals surface area contributed by atoms with Crippen LogP contribution in [0.4, 0.5) is 10.1 Å². The van der Waals surface area contributed by atoms with Gasteiger partial charge in [0, 0.05) is 31.2 Å². The summed E-state index contributed by atoms with van der Waals surface area (Å²) >= 11 is 0. The number of alkyl halides is 1. The number of nitrogens with zero attached hydrogens (tertiary/aromatic N) is 1. The molecule has 18 heavy (non-hydrogen) atoms. The fraction of sp³-hybridized carbons (Fsp3) is 0.571. The molecule has 0 unspecified atom stereocenters. The largest absolute Gasteiger partial charge is 0.493 e. The summed E-state index contributed by atoms with van der Waals surface area (Å²) < 4.78 is 17.4. The van der Waals surface area contributed by atoms with Gasteiger partial charge in [0.25, 0.3) is 0 Å². The number of hydrogen-bond donors (Lipinski definition) is 1. The second kappa shape index (κ2) is 6.59. The summed E-state index contributed by atoms with van der Waals surface area (Å²) in [4.78, 5) is 2.34. The van der Waals surface area contributed by atoms with E-state index in [0.29, 0.717) is 19.1 Å². The molecular weight excluding hydrogens is 231 g/mol. The average Bonchev–Trinajstić information content (AvgIpc) is 2.41. The standard InChI is InChI=1S/C14H21FN2O/c15-8-1-11-18-14-4-2-13(3-5-14)17-9-6-12(16)7-10-17/h2-5,12H,1,6-11,16H2. The van der Waals surface area contributed by atoms with Crippen molar-refractivity contribution in [2.75, 3.05) is 31.3 Å². The third-order valence-electron chi connectivity index (χ3n) is 3.29. The summed E-state index contributed by atoms with van der Waals surface area (Å²) in [6, 6.07) is 8.36. The molecule has 0 aliphatic carbocycles. The molecule has 1 aliphatic heterocycles. The maximum absolute atomic E-state index is 11.9. The summed E-state index contributed by atoms with van der Waals surface area (Å²) in [5.41, 5.74) is 7.10. The van der Waals surface area contributed by atoms with E-state index in [1.165, 1.54) is 5.69 Å². The van der Waals surface area contributed by atoms with Crippen molar-refractivity contribution in [3.8, 4) is 5.75 Å². The first-order valence-electron chi connectivity index (χ1n) is 6.59. The first-order valence-corrected chi connectivity index (χ1v) is 6.59. The van der Waals surface area contributed by atoms with Gasteiger partial charge in [-0.2, -0.15) is 0 Å². The van der Waals surface area contributed by atoms with Crippen LogP contribution in [0.3, 0.4) is 0 Å². The molecule has 2 N–H and O–H groups in total. The van der Waals surface area contributed by atoms with E-state index in [0.717, 1.165) is 31.7 Å². The van der Waals surface area contributed by atoms with E-state index >= 15 is 0 Å². The average molecular weight is 252 g/mol. The molecule has 1 fully saturated rings. The lowest BCUT2D eigenvalue weighted by Crippen LogP contribution is -2.39. The van der Waals surface area contributed by atoms with E-state index in [1.807, 2.05) is 12.1 Å². The minimum Gasteiger partial charge on any atom is -0.493 e. The van der Waals surface area contributed by atoms with Crippen molar-refractivity contribution in [1.82, 2.24) is 0 Å². The van der Waals surface area contributed by atoms with Crippen molar-refractivity contribution in [1.29, 1.82) is 0 Å². The van der Waals surface area contributed by atoms with Crippen molar-refractivity contribution in [3.63, 3.8) is 0 Å². The van der Waals surface area contributed by atoms with Gasteiger partial charge in [0.2, 0.25) is 0 Å². The number of anilines is 1. The molecule has 0 spiro atoms. The van der Waals surface area contributed by atoms with E-state index in [2.05, 4.69) is 17.0 Å². The van der Waals surface area contributed by atoms with Gasteiger partial charge in [-0.3, -0.25) is 4.39 Å². The second-order valence-corrected chi connectivity index (χ2v) is 4.71. The van der Waals surface area contributed by atoms with E-state index in [4.69, 9.17) is 10.5 Å². The van der Waals surface area contributed by atoms with Gasteiger partial charge in [0.05, 0.1) is 13.3 Å². The van der Waals surface area contributed by atoms with Crippen LogP contribution in [0.1, 0.15) is 19.3 Å².